The number of fused-ring (bicyclic) bond motifs is 2. The lowest BCUT2D eigenvalue weighted by Crippen LogP contribution is -2.29. The summed E-state index contributed by atoms with van der Waals surface area (Å²) in [5.74, 6) is -0.140. The van der Waals surface area contributed by atoms with E-state index in [0.29, 0.717) is 23.7 Å². The number of amides is 2. The van der Waals surface area contributed by atoms with Crippen LogP contribution in [0.1, 0.15) is 40.9 Å². The number of rotatable bonds is 3. The Balaban J connectivity index is 1.82. The predicted octanol–water partition coefficient (Wildman–Crippen LogP) is 5.79. The first-order valence-corrected chi connectivity index (χ1v) is 10.6. The second kappa shape index (κ2) is 8.78. The van der Waals surface area contributed by atoms with Gasteiger partial charge < -0.3 is 10.2 Å². The molecule has 1 N–H and O–H groups in total. The van der Waals surface area contributed by atoms with Crippen molar-refractivity contribution in [3.63, 3.8) is 0 Å². The Bertz CT molecular complexity index is 1200. The van der Waals surface area contributed by atoms with Gasteiger partial charge in [0.25, 0.3) is 5.91 Å². The quantitative estimate of drug-likeness (QED) is 0.571. The molecule has 0 spiro atoms. The molecule has 4 rings (SSSR count). The van der Waals surface area contributed by atoms with Crippen LogP contribution < -0.4 is 10.2 Å². The Morgan fingerprint density at radius 3 is 2.55 bits per heavy atom. The zero-order valence-electron chi connectivity index (χ0n) is 17.5. The van der Waals surface area contributed by atoms with Gasteiger partial charge in [-0.2, -0.15) is 0 Å². The highest BCUT2D eigenvalue weighted by molar-refractivity contribution is 6.30. The van der Waals surface area contributed by atoms with Gasteiger partial charge in [-0.25, -0.2) is 0 Å². The van der Waals surface area contributed by atoms with Crippen LogP contribution in [-0.4, -0.2) is 18.4 Å². The van der Waals surface area contributed by atoms with Crippen molar-refractivity contribution < 1.29 is 9.59 Å². The highest BCUT2D eigenvalue weighted by atomic mass is 35.5. The summed E-state index contributed by atoms with van der Waals surface area (Å²) < 4.78 is 0. The fraction of sp³-hybridized carbons (Fsp3) is 0.154. The van der Waals surface area contributed by atoms with Crippen molar-refractivity contribution in [3.8, 4) is 11.1 Å². The Morgan fingerprint density at radius 2 is 1.77 bits per heavy atom. The molecule has 0 aromatic heterocycles. The molecule has 0 radical (unpaired) electrons. The summed E-state index contributed by atoms with van der Waals surface area (Å²) in [5, 5.41) is 3.51. The summed E-state index contributed by atoms with van der Waals surface area (Å²) in [4.78, 5) is 26.8. The van der Waals surface area contributed by atoms with Gasteiger partial charge in [-0.3, -0.25) is 9.59 Å². The van der Waals surface area contributed by atoms with Crippen molar-refractivity contribution in [2.75, 3.05) is 11.4 Å². The van der Waals surface area contributed by atoms with E-state index in [-0.39, 0.29) is 11.8 Å². The van der Waals surface area contributed by atoms with Gasteiger partial charge in [-0.15, -0.1) is 0 Å². The molecule has 3 aromatic rings. The molecule has 31 heavy (non-hydrogen) atoms. The van der Waals surface area contributed by atoms with Gasteiger partial charge in [0.15, 0.2) is 0 Å². The van der Waals surface area contributed by atoms with E-state index in [2.05, 4.69) is 11.4 Å². The third kappa shape index (κ3) is 4.25. The first kappa shape index (κ1) is 20.9. The Morgan fingerprint density at radius 1 is 1.00 bits per heavy atom. The summed E-state index contributed by atoms with van der Waals surface area (Å²) in [6, 6.07) is 19.2. The maximum atomic E-state index is 12.5. The fourth-order valence-corrected chi connectivity index (χ4v) is 4.06. The number of benzene rings is 3. The number of hydrogen-bond donors (Lipinski definition) is 1. The normalized spacial score (nSPS) is 13.5. The van der Waals surface area contributed by atoms with Gasteiger partial charge >= 0.3 is 0 Å². The molecule has 3 aromatic carbocycles. The van der Waals surface area contributed by atoms with E-state index < -0.39 is 0 Å². The SMILES string of the molecule is CCNC(=O)c1ccccc1-c1ccc2c(c1)CN(C(C)=O)c1ccc(Cl)cc1/C=C\2. The molecular formula is C26H23ClN2O2. The molecular weight excluding hydrogens is 408 g/mol. The average molecular weight is 431 g/mol. The van der Waals surface area contributed by atoms with Crippen molar-refractivity contribution in [1.82, 2.24) is 5.32 Å². The van der Waals surface area contributed by atoms with Gasteiger partial charge in [0.05, 0.1) is 12.2 Å². The van der Waals surface area contributed by atoms with Crippen LogP contribution in [0.5, 0.6) is 0 Å². The van der Waals surface area contributed by atoms with Gasteiger partial charge in [0.1, 0.15) is 0 Å². The molecule has 4 nitrogen and oxygen atoms in total. The van der Waals surface area contributed by atoms with E-state index in [4.69, 9.17) is 11.6 Å². The maximum Gasteiger partial charge on any atom is 0.251 e. The number of carbonyl (C=O) groups is 2. The van der Waals surface area contributed by atoms with Crippen molar-refractivity contribution in [1.29, 1.82) is 0 Å². The van der Waals surface area contributed by atoms with E-state index in [1.807, 2.05) is 67.6 Å². The molecule has 1 heterocycles. The highest BCUT2D eigenvalue weighted by Crippen LogP contribution is 2.33. The van der Waals surface area contributed by atoms with Crippen LogP contribution >= 0.6 is 11.6 Å². The minimum absolute atomic E-state index is 0.0436. The van der Waals surface area contributed by atoms with E-state index in [1.165, 1.54) is 0 Å². The van der Waals surface area contributed by atoms with Crippen molar-refractivity contribution in [2.24, 2.45) is 0 Å². The number of nitrogens with one attached hydrogen (secondary N) is 1. The fourth-order valence-electron chi connectivity index (χ4n) is 3.88. The van der Waals surface area contributed by atoms with Gasteiger partial charge in [0, 0.05) is 24.1 Å². The lowest BCUT2D eigenvalue weighted by Gasteiger charge is -2.26. The van der Waals surface area contributed by atoms with Crippen molar-refractivity contribution >= 4 is 41.3 Å². The molecule has 1 aliphatic rings. The second-order valence-electron chi connectivity index (χ2n) is 7.46. The van der Waals surface area contributed by atoms with E-state index in [1.54, 1.807) is 17.9 Å². The smallest absolute Gasteiger partial charge is 0.251 e. The van der Waals surface area contributed by atoms with Crippen molar-refractivity contribution in [3.05, 3.63) is 87.9 Å². The molecule has 156 valence electrons. The van der Waals surface area contributed by atoms with Crippen LogP contribution in [0.3, 0.4) is 0 Å². The van der Waals surface area contributed by atoms with Gasteiger partial charge in [-0.1, -0.05) is 54.1 Å². The molecule has 2 amide bonds. The monoisotopic (exact) mass is 430 g/mol. The van der Waals surface area contributed by atoms with Crippen molar-refractivity contribution in [2.45, 2.75) is 20.4 Å². The zero-order valence-corrected chi connectivity index (χ0v) is 18.2. The van der Waals surface area contributed by atoms with Crippen LogP contribution in [0.25, 0.3) is 23.3 Å². The van der Waals surface area contributed by atoms with Gasteiger partial charge in [0.2, 0.25) is 5.91 Å². The summed E-state index contributed by atoms with van der Waals surface area (Å²) in [5.41, 5.74) is 6.20. The first-order valence-electron chi connectivity index (χ1n) is 10.2. The number of anilines is 1. The molecule has 1 aliphatic heterocycles. The third-order valence-electron chi connectivity index (χ3n) is 5.39. The molecule has 0 bridgehead atoms. The second-order valence-corrected chi connectivity index (χ2v) is 7.90. The molecule has 5 heteroatoms. The molecule has 0 saturated carbocycles. The largest absolute Gasteiger partial charge is 0.352 e. The number of carbonyl (C=O) groups excluding carboxylic acids is 2. The highest BCUT2D eigenvalue weighted by Gasteiger charge is 2.20. The van der Waals surface area contributed by atoms with E-state index in [0.717, 1.165) is 33.5 Å². The first-order chi connectivity index (χ1) is 15.0. The Kier molecular flexibility index (Phi) is 5.92. The number of nitrogens with zero attached hydrogens (tertiary/aromatic N) is 1. The van der Waals surface area contributed by atoms with E-state index in [9.17, 15) is 9.59 Å². The van der Waals surface area contributed by atoms with Crippen LogP contribution in [0.4, 0.5) is 5.69 Å². The predicted molar refractivity (Wildman–Crippen MR) is 127 cm³/mol. The van der Waals surface area contributed by atoms with Crippen LogP contribution in [0.15, 0.2) is 60.7 Å². The van der Waals surface area contributed by atoms with Crippen LogP contribution in [0, 0.1) is 0 Å². The Hall–Kier alpha value is -3.37. The zero-order chi connectivity index (χ0) is 22.0. The standard InChI is InChI=1S/C26H23ClN2O2/c1-3-28-26(31)24-7-5-4-6-23(24)19-10-8-18-9-11-20-15-22(27)12-13-25(20)29(17(2)30)16-21(18)14-19/h4-15H,3,16H2,1-2H3,(H,28,31)/b11-9-. The molecule has 0 fully saturated rings. The average Bonchev–Trinajstić information content (AvgIpc) is 2.75. The summed E-state index contributed by atoms with van der Waals surface area (Å²) in [6.07, 6.45) is 4.03. The molecule has 0 unspecified atom stereocenters. The van der Waals surface area contributed by atoms with Crippen LogP contribution in [-0.2, 0) is 11.3 Å². The summed E-state index contributed by atoms with van der Waals surface area (Å²) in [7, 11) is 0. The minimum Gasteiger partial charge on any atom is -0.352 e. The molecule has 0 aliphatic carbocycles. The summed E-state index contributed by atoms with van der Waals surface area (Å²) in [6.45, 7) is 4.47. The minimum atomic E-state index is -0.0964. The number of hydrogen-bond acceptors (Lipinski definition) is 2. The molecule has 0 saturated heterocycles. The van der Waals surface area contributed by atoms with Crippen LogP contribution in [0.2, 0.25) is 5.02 Å². The lowest BCUT2D eigenvalue weighted by molar-refractivity contribution is -0.116. The number of halogens is 1. The third-order valence-corrected chi connectivity index (χ3v) is 5.63. The maximum absolute atomic E-state index is 12.5. The lowest BCUT2D eigenvalue weighted by atomic mass is 9.93. The topological polar surface area (TPSA) is 49.4 Å². The van der Waals surface area contributed by atoms with Gasteiger partial charge in [-0.05, 0) is 65.1 Å². The summed E-state index contributed by atoms with van der Waals surface area (Å²) >= 11 is 6.18. The molecule has 0 atom stereocenters. The van der Waals surface area contributed by atoms with E-state index >= 15 is 0 Å². The Labute approximate surface area is 187 Å².